The van der Waals surface area contributed by atoms with Crippen molar-refractivity contribution in [1.82, 2.24) is 19.5 Å². The fourth-order valence-electron chi connectivity index (χ4n) is 6.06. The number of hydrogen-bond acceptors (Lipinski definition) is 4. The van der Waals surface area contributed by atoms with Gasteiger partial charge in [0.1, 0.15) is 17.1 Å². The number of aromatic nitrogens is 4. The van der Waals surface area contributed by atoms with Crippen LogP contribution in [0.25, 0.3) is 61.1 Å². The first kappa shape index (κ1) is 27.1. The van der Waals surface area contributed by atoms with Gasteiger partial charge in [-0.05, 0) is 72.4 Å². The molecule has 5 nitrogen and oxygen atoms in total. The van der Waals surface area contributed by atoms with Crippen molar-refractivity contribution in [2.75, 3.05) is 0 Å². The monoisotopic (exact) mass is 578 g/mol. The van der Waals surface area contributed by atoms with E-state index in [4.69, 9.17) is 14.4 Å². The van der Waals surface area contributed by atoms with Crippen LogP contribution in [0.1, 0.15) is 62.0 Å². The lowest BCUT2D eigenvalue weighted by atomic mass is 9.92. The van der Waals surface area contributed by atoms with E-state index in [9.17, 15) is 13.2 Å². The zero-order chi connectivity index (χ0) is 30.2. The zero-order valence-electron chi connectivity index (χ0n) is 24.4. The molecule has 0 saturated heterocycles. The summed E-state index contributed by atoms with van der Waals surface area (Å²) >= 11 is 0. The van der Waals surface area contributed by atoms with E-state index >= 15 is 0 Å². The van der Waals surface area contributed by atoms with E-state index in [1.807, 2.05) is 43.3 Å². The van der Waals surface area contributed by atoms with Crippen molar-refractivity contribution < 1.29 is 17.6 Å². The van der Waals surface area contributed by atoms with Crippen molar-refractivity contribution >= 4 is 44.0 Å². The van der Waals surface area contributed by atoms with Crippen LogP contribution in [0.4, 0.5) is 13.2 Å². The van der Waals surface area contributed by atoms with Crippen LogP contribution < -0.4 is 0 Å². The molecule has 0 fully saturated rings. The third kappa shape index (κ3) is 4.27. The summed E-state index contributed by atoms with van der Waals surface area (Å²) in [6, 6.07) is 22.5. The third-order valence-electron chi connectivity index (χ3n) is 8.08. The molecular formula is C35H29F3N4O. The molecule has 0 spiro atoms. The summed E-state index contributed by atoms with van der Waals surface area (Å²) in [5.74, 6) is 1.06. The number of furan rings is 1. The molecule has 0 N–H and O–H groups in total. The average Bonchev–Trinajstić information content (AvgIpc) is 3.54. The van der Waals surface area contributed by atoms with E-state index in [0.717, 1.165) is 50.5 Å². The number of pyridine rings is 2. The zero-order valence-corrected chi connectivity index (χ0v) is 24.4. The molecule has 0 saturated carbocycles. The van der Waals surface area contributed by atoms with Gasteiger partial charge in [-0.2, -0.15) is 13.2 Å². The lowest BCUT2D eigenvalue weighted by Crippen LogP contribution is -2.09. The molecule has 0 radical (unpaired) electrons. The lowest BCUT2D eigenvalue weighted by Gasteiger charge is -2.23. The highest BCUT2D eigenvalue weighted by Gasteiger charge is 2.33. The Morgan fingerprint density at radius 1 is 0.698 bits per heavy atom. The number of nitrogens with zero attached hydrogens (tertiary/aromatic N) is 4. The number of para-hydroxylation sites is 2. The second-order valence-corrected chi connectivity index (χ2v) is 11.6. The van der Waals surface area contributed by atoms with Gasteiger partial charge in [0.2, 0.25) is 5.71 Å². The molecule has 0 unspecified atom stereocenters. The normalized spacial score (nSPS) is 12.6. The topological polar surface area (TPSA) is 56.7 Å². The summed E-state index contributed by atoms with van der Waals surface area (Å²) in [6.07, 6.45) is -4.58. The van der Waals surface area contributed by atoms with Crippen LogP contribution in [0.2, 0.25) is 0 Å². The second kappa shape index (κ2) is 9.66. The Labute approximate surface area is 246 Å². The standard InChI is InChI=1S/C35H29F3N4O/c1-18(2)21-8-6-9-22(19(3)4)30(21)42-31-25-13-12-20(5)39-27(25)15-16-28(31)40-33(42)26-11-7-10-23-24-14-17-29(35(36,37)38)41-34(24)43-32(23)26/h6-19H,1-5H3. The molecule has 0 atom stereocenters. The Bertz CT molecular complexity index is 2180. The van der Waals surface area contributed by atoms with Gasteiger partial charge in [-0.1, -0.05) is 58.0 Å². The molecule has 8 heteroatoms. The van der Waals surface area contributed by atoms with Crippen molar-refractivity contribution in [1.29, 1.82) is 0 Å². The SMILES string of the molecule is Cc1ccc2c(ccc3nc(-c4cccc5c4oc4nc(C(F)(F)F)ccc45)n(-c4c(C(C)C)cccc4C(C)C)c32)n1. The maximum Gasteiger partial charge on any atom is 0.433 e. The molecule has 4 aromatic heterocycles. The van der Waals surface area contributed by atoms with Gasteiger partial charge in [0, 0.05) is 21.9 Å². The maximum atomic E-state index is 13.5. The number of benzene rings is 3. The van der Waals surface area contributed by atoms with Crippen LogP contribution in [-0.2, 0) is 6.18 Å². The minimum absolute atomic E-state index is 0.0597. The van der Waals surface area contributed by atoms with Crippen LogP contribution in [0.5, 0.6) is 0 Å². The maximum absolute atomic E-state index is 13.5. The molecule has 0 amide bonds. The quantitative estimate of drug-likeness (QED) is 0.209. The van der Waals surface area contributed by atoms with E-state index in [1.165, 1.54) is 6.07 Å². The largest absolute Gasteiger partial charge is 0.437 e. The molecule has 0 aliphatic heterocycles. The van der Waals surface area contributed by atoms with Gasteiger partial charge in [-0.3, -0.25) is 9.55 Å². The smallest absolute Gasteiger partial charge is 0.433 e. The van der Waals surface area contributed by atoms with Crippen LogP contribution in [0.15, 0.2) is 77.2 Å². The van der Waals surface area contributed by atoms with Crippen LogP contribution in [-0.4, -0.2) is 19.5 Å². The Morgan fingerprint density at radius 2 is 1.37 bits per heavy atom. The van der Waals surface area contributed by atoms with Crippen molar-refractivity contribution in [2.45, 2.75) is 52.6 Å². The second-order valence-electron chi connectivity index (χ2n) is 11.6. The van der Waals surface area contributed by atoms with E-state index in [-0.39, 0.29) is 17.5 Å². The van der Waals surface area contributed by atoms with Crippen molar-refractivity contribution in [3.63, 3.8) is 0 Å². The van der Waals surface area contributed by atoms with Crippen LogP contribution in [0.3, 0.4) is 0 Å². The van der Waals surface area contributed by atoms with Gasteiger partial charge in [-0.15, -0.1) is 0 Å². The molecular weight excluding hydrogens is 549 g/mol. The van der Waals surface area contributed by atoms with Gasteiger partial charge >= 0.3 is 6.18 Å². The number of aryl methyl sites for hydroxylation is 1. The van der Waals surface area contributed by atoms with Crippen LogP contribution >= 0.6 is 0 Å². The highest BCUT2D eigenvalue weighted by atomic mass is 19.4. The van der Waals surface area contributed by atoms with Gasteiger partial charge in [0.15, 0.2) is 0 Å². The highest BCUT2D eigenvalue weighted by Crippen LogP contribution is 2.42. The van der Waals surface area contributed by atoms with E-state index in [2.05, 4.69) is 61.5 Å². The summed E-state index contributed by atoms with van der Waals surface area (Å²) in [5.41, 5.74) is 6.91. The Morgan fingerprint density at radius 3 is 2.07 bits per heavy atom. The highest BCUT2D eigenvalue weighted by molar-refractivity contribution is 6.10. The predicted molar refractivity (Wildman–Crippen MR) is 165 cm³/mol. The summed E-state index contributed by atoms with van der Waals surface area (Å²) < 4.78 is 48.9. The summed E-state index contributed by atoms with van der Waals surface area (Å²) in [7, 11) is 0. The van der Waals surface area contributed by atoms with Crippen molar-refractivity contribution in [3.8, 4) is 17.1 Å². The molecule has 0 bridgehead atoms. The summed E-state index contributed by atoms with van der Waals surface area (Å²) in [6.45, 7) is 10.7. The lowest BCUT2D eigenvalue weighted by molar-refractivity contribution is -0.141. The minimum atomic E-state index is -4.58. The van der Waals surface area contributed by atoms with Gasteiger partial charge in [0.05, 0.1) is 27.8 Å². The van der Waals surface area contributed by atoms with E-state index in [1.54, 1.807) is 0 Å². The molecule has 3 aromatic carbocycles. The van der Waals surface area contributed by atoms with Crippen molar-refractivity contribution in [2.24, 2.45) is 0 Å². The number of rotatable bonds is 4. The predicted octanol–water partition coefficient (Wildman–Crippen LogP) is 10.1. The summed E-state index contributed by atoms with van der Waals surface area (Å²) in [4.78, 5) is 13.8. The molecule has 0 aliphatic carbocycles. The Balaban J connectivity index is 1.65. The Hall–Kier alpha value is -4.72. The van der Waals surface area contributed by atoms with E-state index < -0.39 is 11.9 Å². The molecule has 7 aromatic rings. The molecule has 216 valence electrons. The minimum Gasteiger partial charge on any atom is -0.437 e. The summed E-state index contributed by atoms with van der Waals surface area (Å²) in [5, 5.41) is 2.15. The van der Waals surface area contributed by atoms with Crippen molar-refractivity contribution in [3.05, 3.63) is 95.3 Å². The van der Waals surface area contributed by atoms with Crippen LogP contribution in [0, 0.1) is 6.92 Å². The fraction of sp³-hybridized carbons (Fsp3) is 0.229. The molecule has 43 heavy (non-hydrogen) atoms. The van der Waals surface area contributed by atoms with E-state index in [0.29, 0.717) is 27.7 Å². The first-order chi connectivity index (χ1) is 20.5. The first-order valence-corrected chi connectivity index (χ1v) is 14.3. The molecule has 4 heterocycles. The number of imidazole rings is 1. The average molecular weight is 579 g/mol. The van der Waals surface area contributed by atoms with Gasteiger partial charge < -0.3 is 4.42 Å². The number of fused-ring (bicyclic) bond motifs is 6. The molecule has 7 rings (SSSR count). The fourth-order valence-corrected chi connectivity index (χ4v) is 6.06. The molecule has 0 aliphatic rings. The number of halogens is 3. The van der Waals surface area contributed by atoms with Gasteiger partial charge in [0.25, 0.3) is 0 Å². The number of hydrogen-bond donors (Lipinski definition) is 0. The third-order valence-corrected chi connectivity index (χ3v) is 8.08. The van der Waals surface area contributed by atoms with Gasteiger partial charge in [-0.25, -0.2) is 9.97 Å². The first-order valence-electron chi connectivity index (χ1n) is 14.3. The number of alkyl halides is 3. The Kier molecular flexibility index (Phi) is 6.09.